The van der Waals surface area contributed by atoms with Gasteiger partial charge in [0.15, 0.2) is 5.75 Å². The Labute approximate surface area is 280 Å². The number of nitrogen functional groups attached to an aromatic ring is 1. The molecule has 2 heterocycles. The molecule has 5 rings (SSSR count). The number of hydrogen-bond acceptors (Lipinski definition) is 8. The van der Waals surface area contributed by atoms with E-state index in [2.05, 4.69) is 20.6 Å². The van der Waals surface area contributed by atoms with Crippen LogP contribution in [0.4, 0.5) is 17.1 Å². The second kappa shape index (κ2) is 14.7. The Balaban J connectivity index is 1.35. The minimum Gasteiger partial charge on any atom is -0.486 e. The van der Waals surface area contributed by atoms with Crippen molar-refractivity contribution in [1.29, 1.82) is 0 Å². The third-order valence-electron chi connectivity index (χ3n) is 8.54. The van der Waals surface area contributed by atoms with Crippen molar-refractivity contribution in [3.8, 4) is 5.75 Å². The number of fused-ring (bicyclic) bond motifs is 1. The molecule has 0 radical (unpaired) electrons. The molecule has 12 heteroatoms. The molecular weight excluding hydrogens is 610 g/mol. The van der Waals surface area contributed by atoms with E-state index in [0.29, 0.717) is 59.2 Å². The number of aliphatic hydroxyl groups excluding tert-OH is 1. The number of carbonyl (C=O) groups is 3. The summed E-state index contributed by atoms with van der Waals surface area (Å²) in [4.78, 5) is 43.7. The zero-order valence-electron chi connectivity index (χ0n) is 27.9. The summed E-state index contributed by atoms with van der Waals surface area (Å²) in [5.41, 5.74) is 10.3. The van der Waals surface area contributed by atoms with E-state index in [1.807, 2.05) is 52.1 Å². The van der Waals surface area contributed by atoms with Gasteiger partial charge in [-0.2, -0.15) is 5.10 Å². The first kappa shape index (κ1) is 34.1. The van der Waals surface area contributed by atoms with E-state index < -0.39 is 6.04 Å². The van der Waals surface area contributed by atoms with Crippen LogP contribution in [-0.4, -0.2) is 81.3 Å². The largest absolute Gasteiger partial charge is 0.486 e. The number of benzene rings is 3. The van der Waals surface area contributed by atoms with Crippen LogP contribution in [0.1, 0.15) is 56.3 Å². The zero-order valence-corrected chi connectivity index (χ0v) is 27.9. The van der Waals surface area contributed by atoms with Crippen molar-refractivity contribution in [3.63, 3.8) is 0 Å². The van der Waals surface area contributed by atoms with E-state index in [4.69, 9.17) is 10.5 Å². The lowest BCUT2D eigenvalue weighted by atomic mass is 9.98. The molecule has 4 aromatic rings. The van der Waals surface area contributed by atoms with E-state index in [9.17, 15) is 19.5 Å². The molecular formula is C36H43N7O5. The molecule has 3 aromatic carbocycles. The van der Waals surface area contributed by atoms with Gasteiger partial charge in [-0.25, -0.2) is 0 Å². The van der Waals surface area contributed by atoms with Crippen molar-refractivity contribution >= 4 is 34.8 Å². The Hall–Kier alpha value is -5.20. The molecule has 12 nitrogen and oxygen atoms in total. The Morgan fingerprint density at radius 1 is 1.06 bits per heavy atom. The predicted molar refractivity (Wildman–Crippen MR) is 185 cm³/mol. The Bertz CT molecular complexity index is 1790. The highest BCUT2D eigenvalue weighted by atomic mass is 16.5. The fourth-order valence-electron chi connectivity index (χ4n) is 5.82. The van der Waals surface area contributed by atoms with Crippen LogP contribution in [0.15, 0.2) is 72.8 Å². The molecule has 0 spiro atoms. The molecule has 3 atom stereocenters. The van der Waals surface area contributed by atoms with Gasteiger partial charge in [-0.15, -0.1) is 0 Å². The van der Waals surface area contributed by atoms with E-state index in [-0.39, 0.29) is 42.1 Å². The lowest BCUT2D eigenvalue weighted by Gasteiger charge is -2.38. The maximum Gasteiger partial charge on any atom is 0.274 e. The smallest absolute Gasteiger partial charge is 0.274 e. The highest BCUT2D eigenvalue weighted by Gasteiger charge is 2.35. The lowest BCUT2D eigenvalue weighted by molar-refractivity contribution is 0.0343. The number of nitrogens with one attached hydrogen (secondary N) is 2. The summed E-state index contributed by atoms with van der Waals surface area (Å²) < 4.78 is 8.16. The average molecular weight is 654 g/mol. The molecule has 252 valence electrons. The fraction of sp³-hybridized carbons (Fsp3) is 0.333. The number of nitrogens with two attached hydrogens (primary N) is 1. The van der Waals surface area contributed by atoms with E-state index in [1.165, 1.54) is 4.68 Å². The quantitative estimate of drug-likeness (QED) is 0.186. The first-order valence-corrected chi connectivity index (χ1v) is 15.9. The molecule has 5 N–H and O–H groups in total. The molecule has 0 bridgehead atoms. The number of aryl methyl sites for hydroxylation is 2. The molecule has 0 unspecified atom stereocenters. The number of aromatic nitrogens is 2. The van der Waals surface area contributed by atoms with E-state index in [0.717, 1.165) is 5.56 Å². The molecule has 1 aromatic heterocycles. The Kier molecular flexibility index (Phi) is 10.5. The first-order chi connectivity index (χ1) is 22.9. The van der Waals surface area contributed by atoms with Gasteiger partial charge in [0.25, 0.3) is 17.7 Å². The summed E-state index contributed by atoms with van der Waals surface area (Å²) in [7, 11) is 3.68. The predicted octanol–water partition coefficient (Wildman–Crippen LogP) is 4.17. The molecule has 1 aliphatic rings. The number of carbonyl (C=O) groups excluding carboxylic acids is 3. The van der Waals surface area contributed by atoms with Crippen LogP contribution in [-0.2, 0) is 13.6 Å². The normalized spacial score (nSPS) is 16.8. The van der Waals surface area contributed by atoms with Gasteiger partial charge in [0.05, 0.1) is 41.0 Å². The van der Waals surface area contributed by atoms with Crippen molar-refractivity contribution in [1.82, 2.24) is 19.6 Å². The maximum atomic E-state index is 13.8. The van der Waals surface area contributed by atoms with Gasteiger partial charge in [-0.3, -0.25) is 24.0 Å². The van der Waals surface area contributed by atoms with Crippen molar-refractivity contribution in [2.75, 3.05) is 43.1 Å². The molecule has 0 saturated heterocycles. The minimum atomic E-state index is -0.422. The Morgan fingerprint density at radius 2 is 1.75 bits per heavy atom. The van der Waals surface area contributed by atoms with Gasteiger partial charge >= 0.3 is 0 Å². The van der Waals surface area contributed by atoms with Gasteiger partial charge in [-0.1, -0.05) is 37.3 Å². The zero-order chi connectivity index (χ0) is 34.5. The summed E-state index contributed by atoms with van der Waals surface area (Å²) in [5, 5.41) is 20.1. The third-order valence-corrected chi connectivity index (χ3v) is 8.54. The number of nitrogens with zero attached hydrogens (tertiary/aromatic N) is 4. The summed E-state index contributed by atoms with van der Waals surface area (Å²) in [6.45, 7) is 6.88. The average Bonchev–Trinajstić information content (AvgIpc) is 3.41. The van der Waals surface area contributed by atoms with Crippen LogP contribution >= 0.6 is 0 Å². The van der Waals surface area contributed by atoms with E-state index >= 15 is 0 Å². The molecule has 0 saturated carbocycles. The number of likely N-dealkylation sites (N-methyl/N-ethyl adjacent to an activating group) is 1. The minimum absolute atomic E-state index is 0.126. The number of hydrogen-bond donors (Lipinski definition) is 4. The van der Waals surface area contributed by atoms with E-state index in [1.54, 1.807) is 60.5 Å². The van der Waals surface area contributed by atoms with Gasteiger partial charge in [0.2, 0.25) is 0 Å². The summed E-state index contributed by atoms with van der Waals surface area (Å²) in [6, 6.07) is 20.9. The van der Waals surface area contributed by atoms with Crippen LogP contribution in [0.2, 0.25) is 0 Å². The third kappa shape index (κ3) is 7.67. The fourth-order valence-corrected chi connectivity index (χ4v) is 5.82. The van der Waals surface area contributed by atoms with Crippen LogP contribution in [0.5, 0.6) is 5.75 Å². The highest BCUT2D eigenvalue weighted by Crippen LogP contribution is 2.35. The number of ether oxygens (including phenoxy) is 1. The second-order valence-electron chi connectivity index (χ2n) is 12.5. The number of aliphatic hydroxyl groups is 1. The van der Waals surface area contributed by atoms with Crippen molar-refractivity contribution in [2.45, 2.75) is 39.5 Å². The molecule has 0 aliphatic carbocycles. The lowest BCUT2D eigenvalue weighted by Crippen LogP contribution is -2.49. The van der Waals surface area contributed by atoms with Crippen LogP contribution in [0.25, 0.3) is 0 Å². The molecule has 48 heavy (non-hydrogen) atoms. The maximum absolute atomic E-state index is 13.8. The standard InChI is InChI=1S/C36H43N7O5/c1-22-18-43(24(3)21-44)36(47)27-9-8-12-30(39-35(46)31-17-23(2)40-42(31)5)33(27)48-32(22)20-41(4)19-25-13-15-26(16-14-25)34(45)38-29-11-7-6-10-28(29)37/h6-17,22,24,32,44H,18-21,37H2,1-5H3,(H,38,45)(H,39,46)/t22-,24+,32+/m0/s1. The molecule has 3 amide bonds. The number of para-hydroxylation sites is 3. The number of anilines is 3. The monoisotopic (exact) mass is 653 g/mol. The van der Waals surface area contributed by atoms with Gasteiger partial charge in [0.1, 0.15) is 11.8 Å². The van der Waals surface area contributed by atoms with Crippen molar-refractivity contribution < 1.29 is 24.2 Å². The van der Waals surface area contributed by atoms with Crippen LogP contribution in [0, 0.1) is 12.8 Å². The van der Waals surface area contributed by atoms with Crippen molar-refractivity contribution in [3.05, 3.63) is 101 Å². The topological polar surface area (TPSA) is 155 Å². The second-order valence-corrected chi connectivity index (χ2v) is 12.5. The first-order valence-electron chi connectivity index (χ1n) is 15.9. The summed E-state index contributed by atoms with van der Waals surface area (Å²) in [6.07, 6.45) is -0.381. The van der Waals surface area contributed by atoms with Gasteiger partial charge in [-0.05, 0) is 68.9 Å². The summed E-state index contributed by atoms with van der Waals surface area (Å²) in [5.74, 6) is -0.753. The number of amides is 3. The van der Waals surface area contributed by atoms with Crippen LogP contribution < -0.4 is 21.1 Å². The number of rotatable bonds is 10. The van der Waals surface area contributed by atoms with Gasteiger partial charge < -0.3 is 31.1 Å². The molecule has 0 fully saturated rings. The van der Waals surface area contributed by atoms with Gasteiger partial charge in [0, 0.05) is 38.2 Å². The molecule has 1 aliphatic heterocycles. The van der Waals surface area contributed by atoms with Crippen LogP contribution in [0.3, 0.4) is 0 Å². The SMILES string of the molecule is Cc1cc(C(=O)Nc2cccc3c2O[C@H](CN(C)Cc2ccc(C(=O)Nc4ccccc4N)cc2)[C@@H](C)CN([C@H](C)CO)C3=O)n(C)n1. The Morgan fingerprint density at radius 3 is 2.42 bits per heavy atom. The highest BCUT2D eigenvalue weighted by molar-refractivity contribution is 6.07. The van der Waals surface area contributed by atoms with Crippen molar-refractivity contribution in [2.24, 2.45) is 13.0 Å². The summed E-state index contributed by atoms with van der Waals surface area (Å²) >= 11 is 0.